The van der Waals surface area contributed by atoms with Gasteiger partial charge in [-0.2, -0.15) is 5.10 Å². The van der Waals surface area contributed by atoms with E-state index in [4.69, 9.17) is 9.15 Å². The summed E-state index contributed by atoms with van der Waals surface area (Å²) in [5, 5.41) is 4.05. The molecular weight excluding hydrogens is 282 g/mol. The summed E-state index contributed by atoms with van der Waals surface area (Å²) in [6, 6.07) is 9.11. The summed E-state index contributed by atoms with van der Waals surface area (Å²) in [6.45, 7) is 2.50. The first kappa shape index (κ1) is 14.1. The highest BCUT2D eigenvalue weighted by molar-refractivity contribution is 5.91. The van der Waals surface area contributed by atoms with E-state index in [2.05, 4.69) is 10.1 Å². The SMILES string of the molecule is Cc1occc1COC(=O)c1ccccc1Cn1cncn1. The average molecular weight is 297 g/mol. The fraction of sp³-hybridized carbons (Fsp3) is 0.188. The first-order valence-corrected chi connectivity index (χ1v) is 6.84. The van der Waals surface area contributed by atoms with Gasteiger partial charge in [-0.25, -0.2) is 14.5 Å². The minimum absolute atomic E-state index is 0.193. The molecule has 0 bridgehead atoms. The molecule has 1 aromatic carbocycles. The van der Waals surface area contributed by atoms with Crippen LogP contribution >= 0.6 is 0 Å². The first-order chi connectivity index (χ1) is 10.7. The molecule has 0 atom stereocenters. The van der Waals surface area contributed by atoms with Gasteiger partial charge in [0.15, 0.2) is 0 Å². The van der Waals surface area contributed by atoms with Crippen molar-refractivity contribution in [2.45, 2.75) is 20.1 Å². The maximum absolute atomic E-state index is 12.3. The van der Waals surface area contributed by atoms with Gasteiger partial charge in [-0.15, -0.1) is 0 Å². The van der Waals surface area contributed by atoms with Crippen LogP contribution in [0.1, 0.15) is 27.2 Å². The smallest absolute Gasteiger partial charge is 0.338 e. The predicted octanol–water partition coefficient (Wildman–Crippen LogP) is 2.58. The number of benzene rings is 1. The van der Waals surface area contributed by atoms with Crippen LogP contribution in [0.3, 0.4) is 0 Å². The fourth-order valence-electron chi connectivity index (χ4n) is 2.13. The lowest BCUT2D eigenvalue weighted by Crippen LogP contribution is -2.11. The number of rotatable bonds is 5. The van der Waals surface area contributed by atoms with Crippen molar-refractivity contribution >= 4 is 5.97 Å². The Bertz CT molecular complexity index is 763. The number of carbonyl (C=O) groups excluding carboxylic acids is 1. The van der Waals surface area contributed by atoms with Crippen molar-refractivity contribution in [1.29, 1.82) is 0 Å². The van der Waals surface area contributed by atoms with Crippen molar-refractivity contribution < 1.29 is 13.9 Å². The molecule has 0 amide bonds. The van der Waals surface area contributed by atoms with E-state index >= 15 is 0 Å². The van der Waals surface area contributed by atoms with E-state index in [1.54, 1.807) is 29.4 Å². The highest BCUT2D eigenvalue weighted by Crippen LogP contribution is 2.15. The Labute approximate surface area is 127 Å². The third kappa shape index (κ3) is 3.06. The third-order valence-corrected chi connectivity index (χ3v) is 3.36. The summed E-state index contributed by atoms with van der Waals surface area (Å²) in [5.74, 6) is 0.389. The van der Waals surface area contributed by atoms with Crippen LogP contribution in [0.15, 0.2) is 53.7 Å². The number of aromatic nitrogens is 3. The zero-order chi connectivity index (χ0) is 15.4. The molecule has 112 valence electrons. The molecule has 0 aliphatic carbocycles. The molecule has 6 nitrogen and oxygen atoms in total. The van der Waals surface area contributed by atoms with Crippen LogP contribution in [0.4, 0.5) is 0 Å². The number of hydrogen-bond acceptors (Lipinski definition) is 5. The highest BCUT2D eigenvalue weighted by atomic mass is 16.5. The van der Waals surface area contributed by atoms with Crippen LogP contribution in [0.25, 0.3) is 0 Å². The Hall–Kier alpha value is -2.89. The molecule has 3 aromatic rings. The molecule has 0 aliphatic heterocycles. The quantitative estimate of drug-likeness (QED) is 0.677. The summed E-state index contributed by atoms with van der Waals surface area (Å²) in [5.41, 5.74) is 2.23. The second kappa shape index (κ2) is 6.26. The lowest BCUT2D eigenvalue weighted by molar-refractivity contribution is 0.0470. The zero-order valence-electron chi connectivity index (χ0n) is 12.1. The predicted molar refractivity (Wildman–Crippen MR) is 78.1 cm³/mol. The van der Waals surface area contributed by atoms with Gasteiger partial charge >= 0.3 is 5.97 Å². The lowest BCUT2D eigenvalue weighted by Gasteiger charge is -2.09. The van der Waals surface area contributed by atoms with E-state index in [0.29, 0.717) is 12.1 Å². The number of esters is 1. The maximum atomic E-state index is 12.3. The molecule has 0 fully saturated rings. The fourth-order valence-corrected chi connectivity index (χ4v) is 2.13. The van der Waals surface area contributed by atoms with E-state index in [-0.39, 0.29) is 12.6 Å². The molecule has 2 aromatic heterocycles. The van der Waals surface area contributed by atoms with Crippen molar-refractivity contribution in [2.24, 2.45) is 0 Å². The Morgan fingerprint density at radius 2 is 2.14 bits per heavy atom. The molecule has 0 radical (unpaired) electrons. The van der Waals surface area contributed by atoms with E-state index in [1.807, 2.05) is 25.1 Å². The number of hydrogen-bond donors (Lipinski definition) is 0. The molecule has 2 heterocycles. The number of aryl methyl sites for hydroxylation is 1. The van der Waals surface area contributed by atoms with Crippen LogP contribution in [0.5, 0.6) is 0 Å². The molecule has 3 rings (SSSR count). The van der Waals surface area contributed by atoms with Crippen LogP contribution in [-0.2, 0) is 17.9 Å². The molecule has 0 aliphatic rings. The molecule has 0 unspecified atom stereocenters. The third-order valence-electron chi connectivity index (χ3n) is 3.36. The van der Waals surface area contributed by atoms with Gasteiger partial charge in [-0.05, 0) is 24.6 Å². The van der Waals surface area contributed by atoms with Crippen LogP contribution in [0, 0.1) is 6.92 Å². The second-order valence-corrected chi connectivity index (χ2v) is 4.83. The van der Waals surface area contributed by atoms with Gasteiger partial charge in [-0.3, -0.25) is 0 Å². The molecular formula is C16H15N3O3. The van der Waals surface area contributed by atoms with Gasteiger partial charge in [-0.1, -0.05) is 18.2 Å². The van der Waals surface area contributed by atoms with Gasteiger partial charge in [0.05, 0.1) is 18.4 Å². The summed E-state index contributed by atoms with van der Waals surface area (Å²) < 4.78 is 12.2. The monoisotopic (exact) mass is 297 g/mol. The Balaban J connectivity index is 1.73. The Morgan fingerprint density at radius 1 is 1.27 bits per heavy atom. The standard InChI is InChI=1S/C16H15N3O3/c1-12-14(6-7-21-12)9-22-16(20)15-5-3-2-4-13(15)8-19-11-17-10-18-19/h2-7,10-11H,8-9H2,1H3. The van der Waals surface area contributed by atoms with E-state index in [9.17, 15) is 4.79 Å². The maximum Gasteiger partial charge on any atom is 0.338 e. The van der Waals surface area contributed by atoms with Crippen molar-refractivity contribution in [3.05, 3.63) is 71.7 Å². The van der Waals surface area contributed by atoms with Crippen molar-refractivity contribution in [3.63, 3.8) is 0 Å². The molecule has 6 heteroatoms. The molecule has 22 heavy (non-hydrogen) atoms. The summed E-state index contributed by atoms with van der Waals surface area (Å²) in [4.78, 5) is 16.2. The van der Waals surface area contributed by atoms with Crippen molar-refractivity contribution in [1.82, 2.24) is 14.8 Å². The highest BCUT2D eigenvalue weighted by Gasteiger charge is 2.14. The normalized spacial score (nSPS) is 10.6. The zero-order valence-corrected chi connectivity index (χ0v) is 12.1. The van der Waals surface area contributed by atoms with Crippen LogP contribution in [-0.4, -0.2) is 20.7 Å². The van der Waals surface area contributed by atoms with Crippen molar-refractivity contribution in [3.8, 4) is 0 Å². The molecule has 0 spiro atoms. The van der Waals surface area contributed by atoms with Gasteiger partial charge < -0.3 is 9.15 Å². The summed E-state index contributed by atoms with van der Waals surface area (Å²) in [6.07, 6.45) is 4.65. The summed E-state index contributed by atoms with van der Waals surface area (Å²) in [7, 11) is 0. The minimum Gasteiger partial charge on any atom is -0.469 e. The number of ether oxygens (including phenoxy) is 1. The topological polar surface area (TPSA) is 70.2 Å². The van der Waals surface area contributed by atoms with Crippen molar-refractivity contribution in [2.75, 3.05) is 0 Å². The minimum atomic E-state index is -0.365. The van der Waals surface area contributed by atoms with Gasteiger partial charge in [0, 0.05) is 5.56 Å². The van der Waals surface area contributed by atoms with Crippen LogP contribution in [0.2, 0.25) is 0 Å². The van der Waals surface area contributed by atoms with Gasteiger partial charge in [0.2, 0.25) is 0 Å². The van der Waals surface area contributed by atoms with E-state index in [0.717, 1.165) is 16.9 Å². The molecule has 0 N–H and O–H groups in total. The van der Waals surface area contributed by atoms with Gasteiger partial charge in [0.25, 0.3) is 0 Å². The number of nitrogens with zero attached hydrogens (tertiary/aromatic N) is 3. The van der Waals surface area contributed by atoms with E-state index in [1.165, 1.54) is 6.33 Å². The van der Waals surface area contributed by atoms with Crippen LogP contribution < -0.4 is 0 Å². The molecule has 0 saturated heterocycles. The molecule has 0 saturated carbocycles. The number of furan rings is 1. The number of carbonyl (C=O) groups is 1. The Morgan fingerprint density at radius 3 is 2.86 bits per heavy atom. The Kier molecular flexibility index (Phi) is 4.00. The van der Waals surface area contributed by atoms with Gasteiger partial charge in [0.1, 0.15) is 25.0 Å². The first-order valence-electron chi connectivity index (χ1n) is 6.84. The lowest BCUT2D eigenvalue weighted by atomic mass is 10.1. The average Bonchev–Trinajstić information content (AvgIpc) is 3.17. The summed E-state index contributed by atoms with van der Waals surface area (Å²) >= 11 is 0. The second-order valence-electron chi connectivity index (χ2n) is 4.83. The largest absolute Gasteiger partial charge is 0.469 e. The van der Waals surface area contributed by atoms with E-state index < -0.39 is 0 Å².